The average molecular weight is 342 g/mol. The molecule has 1 atom stereocenters. The van der Waals surface area contributed by atoms with E-state index in [0.29, 0.717) is 0 Å². The van der Waals surface area contributed by atoms with Gasteiger partial charge in [-0.25, -0.2) is 9.37 Å². The molecular weight excluding hydrogens is 328 g/mol. The first-order chi connectivity index (χ1) is 11.2. The second-order valence-corrected chi connectivity index (χ2v) is 5.20. The van der Waals surface area contributed by atoms with Crippen molar-refractivity contribution in [2.75, 3.05) is 11.9 Å². The van der Waals surface area contributed by atoms with Gasteiger partial charge < -0.3 is 15.0 Å². The summed E-state index contributed by atoms with van der Waals surface area (Å²) in [6.07, 6.45) is -3.27. The molecule has 0 aliphatic carbocycles. The zero-order valence-corrected chi connectivity index (χ0v) is 12.6. The Morgan fingerprint density at radius 2 is 2.08 bits per heavy atom. The number of rotatable bonds is 5. The molecule has 0 saturated carbocycles. The number of nitrogens with zero attached hydrogens (tertiary/aromatic N) is 3. The first-order valence-electron chi connectivity index (χ1n) is 6.89. The van der Waals surface area contributed by atoms with Crippen molar-refractivity contribution in [2.45, 2.75) is 18.2 Å². The van der Waals surface area contributed by atoms with Crippen LogP contribution < -0.4 is 5.32 Å². The summed E-state index contributed by atoms with van der Waals surface area (Å²) in [6.45, 7) is -0.355. The van der Waals surface area contributed by atoms with Crippen molar-refractivity contribution in [3.63, 3.8) is 0 Å². The molecule has 128 valence electrons. The fourth-order valence-electron chi connectivity index (χ4n) is 2.25. The largest absolute Gasteiger partial charge is 0.424 e. The smallest absolute Gasteiger partial charge is 0.383 e. The number of nitriles is 1. The Kier molecular flexibility index (Phi) is 4.80. The molecule has 0 aliphatic heterocycles. The number of aryl methyl sites for hydroxylation is 1. The van der Waals surface area contributed by atoms with Gasteiger partial charge in [0.15, 0.2) is 0 Å². The fourth-order valence-corrected chi connectivity index (χ4v) is 2.25. The molecule has 0 saturated heterocycles. The van der Waals surface area contributed by atoms with Crippen molar-refractivity contribution in [2.24, 2.45) is 7.05 Å². The molecule has 2 rings (SSSR count). The summed E-state index contributed by atoms with van der Waals surface area (Å²) in [4.78, 5) is 3.58. The second-order valence-electron chi connectivity index (χ2n) is 5.20. The SMILES string of the molecule is Cn1ccnc1[C@@](O)(CCNc1ccc(C#N)cc1F)C(F)(F)F. The van der Waals surface area contributed by atoms with Crippen molar-refractivity contribution < 1.29 is 22.7 Å². The Morgan fingerprint density at radius 3 is 2.58 bits per heavy atom. The minimum Gasteiger partial charge on any atom is -0.383 e. The summed E-state index contributed by atoms with van der Waals surface area (Å²) in [5, 5.41) is 21.3. The van der Waals surface area contributed by atoms with E-state index in [0.717, 1.165) is 16.8 Å². The number of benzene rings is 1. The van der Waals surface area contributed by atoms with Gasteiger partial charge in [0.2, 0.25) is 5.60 Å². The summed E-state index contributed by atoms with van der Waals surface area (Å²) in [6, 6.07) is 5.31. The molecule has 9 heteroatoms. The van der Waals surface area contributed by atoms with Gasteiger partial charge in [0.1, 0.15) is 11.6 Å². The summed E-state index contributed by atoms with van der Waals surface area (Å²) in [7, 11) is 1.34. The van der Waals surface area contributed by atoms with Gasteiger partial charge in [-0.05, 0) is 18.2 Å². The number of hydrogen-bond donors (Lipinski definition) is 2. The monoisotopic (exact) mass is 342 g/mol. The highest BCUT2D eigenvalue weighted by Crippen LogP contribution is 2.40. The minimum absolute atomic E-state index is 0.0571. The predicted octanol–water partition coefficient (Wildman–Crippen LogP) is 2.68. The summed E-state index contributed by atoms with van der Waals surface area (Å²) in [5.74, 6) is -1.31. The summed E-state index contributed by atoms with van der Waals surface area (Å²) >= 11 is 0. The van der Waals surface area contributed by atoms with Crippen LogP contribution in [0.2, 0.25) is 0 Å². The van der Waals surface area contributed by atoms with Crippen LogP contribution in [0.15, 0.2) is 30.6 Å². The van der Waals surface area contributed by atoms with E-state index >= 15 is 0 Å². The van der Waals surface area contributed by atoms with Crippen molar-refractivity contribution in [1.29, 1.82) is 5.26 Å². The lowest BCUT2D eigenvalue weighted by Gasteiger charge is -2.30. The van der Waals surface area contributed by atoms with Gasteiger partial charge in [0, 0.05) is 32.4 Å². The second kappa shape index (κ2) is 6.49. The molecule has 0 fully saturated rings. The van der Waals surface area contributed by atoms with E-state index in [9.17, 15) is 22.7 Å². The maximum absolute atomic E-state index is 13.7. The van der Waals surface area contributed by atoms with E-state index in [1.165, 1.54) is 25.4 Å². The van der Waals surface area contributed by atoms with Crippen LogP contribution in [0, 0.1) is 17.1 Å². The van der Waals surface area contributed by atoms with Crippen LogP contribution in [0.4, 0.5) is 23.2 Å². The van der Waals surface area contributed by atoms with Crippen LogP contribution >= 0.6 is 0 Å². The number of nitrogens with one attached hydrogen (secondary N) is 1. The lowest BCUT2D eigenvalue weighted by molar-refractivity contribution is -0.271. The quantitative estimate of drug-likeness (QED) is 0.820. The van der Waals surface area contributed by atoms with E-state index < -0.39 is 29.8 Å². The Hall–Kier alpha value is -2.60. The fraction of sp³-hybridized carbons (Fsp3) is 0.333. The number of hydrogen-bond acceptors (Lipinski definition) is 4. The third-order valence-electron chi connectivity index (χ3n) is 3.56. The van der Waals surface area contributed by atoms with Crippen LogP contribution in [0.25, 0.3) is 0 Å². The number of imidazole rings is 1. The topological polar surface area (TPSA) is 73.9 Å². The van der Waals surface area contributed by atoms with E-state index in [2.05, 4.69) is 10.3 Å². The Morgan fingerprint density at radius 1 is 1.38 bits per heavy atom. The van der Waals surface area contributed by atoms with Crippen LogP contribution in [0.1, 0.15) is 17.8 Å². The predicted molar refractivity (Wildman–Crippen MR) is 77.4 cm³/mol. The first kappa shape index (κ1) is 17.7. The Bertz CT molecular complexity index is 766. The third kappa shape index (κ3) is 3.33. The molecular formula is C15H14F4N4O. The molecule has 2 aromatic rings. The molecule has 24 heavy (non-hydrogen) atoms. The van der Waals surface area contributed by atoms with Crippen molar-refractivity contribution in [3.8, 4) is 6.07 Å². The van der Waals surface area contributed by atoms with E-state index in [1.807, 2.05) is 0 Å². The zero-order valence-electron chi connectivity index (χ0n) is 12.6. The molecule has 0 amide bonds. The highest BCUT2D eigenvalue weighted by atomic mass is 19.4. The molecule has 1 heterocycles. The Labute approximate surface area is 135 Å². The standard InChI is InChI=1S/C15H14F4N4O/c1-23-7-6-22-13(23)14(24,15(17,18)19)4-5-21-12-3-2-10(9-20)8-11(12)16/h2-3,6-8,21,24H,4-5H2,1H3/t14-/m0/s1. The average Bonchev–Trinajstić information content (AvgIpc) is 2.94. The number of alkyl halides is 3. The lowest BCUT2D eigenvalue weighted by Crippen LogP contribution is -2.45. The number of anilines is 1. The van der Waals surface area contributed by atoms with Gasteiger partial charge in [0.25, 0.3) is 0 Å². The van der Waals surface area contributed by atoms with E-state index in [4.69, 9.17) is 5.26 Å². The molecule has 0 spiro atoms. The highest BCUT2D eigenvalue weighted by molar-refractivity contribution is 5.48. The van der Waals surface area contributed by atoms with E-state index in [-0.39, 0.29) is 17.8 Å². The zero-order chi connectivity index (χ0) is 18.0. The van der Waals surface area contributed by atoms with Gasteiger partial charge >= 0.3 is 6.18 Å². The molecule has 0 bridgehead atoms. The van der Waals surface area contributed by atoms with Gasteiger partial charge in [-0.2, -0.15) is 18.4 Å². The van der Waals surface area contributed by atoms with Crippen LogP contribution in [-0.2, 0) is 12.6 Å². The maximum Gasteiger partial charge on any atom is 0.424 e. The molecule has 0 unspecified atom stereocenters. The third-order valence-corrected chi connectivity index (χ3v) is 3.56. The normalized spacial score (nSPS) is 14.0. The molecule has 1 aromatic heterocycles. The lowest BCUT2D eigenvalue weighted by atomic mass is 9.97. The number of halogens is 4. The van der Waals surface area contributed by atoms with E-state index in [1.54, 1.807) is 6.07 Å². The first-order valence-corrected chi connectivity index (χ1v) is 6.89. The Balaban J connectivity index is 2.16. The maximum atomic E-state index is 13.7. The minimum atomic E-state index is -4.95. The van der Waals surface area contributed by atoms with Crippen LogP contribution in [0.5, 0.6) is 0 Å². The van der Waals surface area contributed by atoms with Gasteiger partial charge in [0.05, 0.1) is 17.3 Å². The molecule has 0 radical (unpaired) electrons. The molecule has 2 N–H and O–H groups in total. The van der Waals surface area contributed by atoms with Gasteiger partial charge in [-0.3, -0.25) is 0 Å². The van der Waals surface area contributed by atoms with Crippen molar-refractivity contribution in [1.82, 2.24) is 9.55 Å². The highest BCUT2D eigenvalue weighted by Gasteiger charge is 2.57. The molecule has 1 aromatic carbocycles. The van der Waals surface area contributed by atoms with Crippen LogP contribution in [0.3, 0.4) is 0 Å². The number of aromatic nitrogens is 2. The summed E-state index contributed by atoms with van der Waals surface area (Å²) in [5.41, 5.74) is -3.13. The van der Waals surface area contributed by atoms with Gasteiger partial charge in [-0.15, -0.1) is 0 Å². The van der Waals surface area contributed by atoms with Gasteiger partial charge in [-0.1, -0.05) is 0 Å². The van der Waals surface area contributed by atoms with Crippen LogP contribution in [-0.4, -0.2) is 27.4 Å². The number of aliphatic hydroxyl groups is 1. The van der Waals surface area contributed by atoms with Crippen molar-refractivity contribution >= 4 is 5.69 Å². The molecule has 0 aliphatic rings. The van der Waals surface area contributed by atoms with Crippen molar-refractivity contribution in [3.05, 3.63) is 47.8 Å². The molecule has 5 nitrogen and oxygen atoms in total. The summed E-state index contributed by atoms with van der Waals surface area (Å²) < 4.78 is 54.7.